The van der Waals surface area contributed by atoms with Crippen LogP contribution in [0.5, 0.6) is 5.75 Å². The molecule has 0 bridgehead atoms. The third-order valence-corrected chi connectivity index (χ3v) is 4.37. The van der Waals surface area contributed by atoms with E-state index in [1.54, 1.807) is 23.2 Å². The van der Waals surface area contributed by atoms with Crippen molar-refractivity contribution < 1.29 is 9.90 Å². The van der Waals surface area contributed by atoms with Gasteiger partial charge >= 0.3 is 0 Å². The van der Waals surface area contributed by atoms with Crippen molar-refractivity contribution in [2.75, 3.05) is 6.54 Å². The van der Waals surface area contributed by atoms with Crippen LogP contribution in [0, 0.1) is 0 Å². The molecule has 3 aromatic rings. The molecule has 0 radical (unpaired) electrons. The van der Waals surface area contributed by atoms with E-state index >= 15 is 0 Å². The molecule has 1 fully saturated rings. The second-order valence-corrected chi connectivity index (χ2v) is 5.87. The lowest BCUT2D eigenvalue weighted by atomic mass is 10.1. The van der Waals surface area contributed by atoms with Gasteiger partial charge in [-0.3, -0.25) is 9.78 Å². The van der Waals surface area contributed by atoms with Gasteiger partial charge in [-0.2, -0.15) is 0 Å². The van der Waals surface area contributed by atoms with E-state index in [-0.39, 0.29) is 23.3 Å². The van der Waals surface area contributed by atoms with Crippen LogP contribution in [0.3, 0.4) is 0 Å². The third kappa shape index (κ3) is 2.82. The Morgan fingerprint density at radius 1 is 1.24 bits per heavy atom. The van der Waals surface area contributed by atoms with Gasteiger partial charge in [0.2, 0.25) is 0 Å². The lowest BCUT2D eigenvalue weighted by Crippen LogP contribution is -2.31. The molecule has 3 heterocycles. The lowest BCUT2D eigenvalue weighted by molar-refractivity contribution is 0.0730. The molecule has 8 nitrogen and oxygen atoms in total. The fraction of sp³-hybridized carbons (Fsp3) is 0.235. The van der Waals surface area contributed by atoms with E-state index < -0.39 is 0 Å². The van der Waals surface area contributed by atoms with Crippen LogP contribution in [0.25, 0.3) is 5.69 Å². The smallest absolute Gasteiger partial charge is 0.258 e. The van der Waals surface area contributed by atoms with E-state index in [1.165, 1.54) is 17.1 Å². The lowest BCUT2D eigenvalue weighted by Gasteiger charge is -2.24. The molecule has 8 heteroatoms. The average molecular weight is 336 g/mol. The van der Waals surface area contributed by atoms with Crippen LogP contribution in [0.4, 0.5) is 0 Å². The zero-order valence-electron chi connectivity index (χ0n) is 13.4. The second kappa shape index (κ2) is 6.31. The number of tetrazole rings is 1. The van der Waals surface area contributed by atoms with Crippen LogP contribution in [-0.4, -0.2) is 47.6 Å². The Kier molecular flexibility index (Phi) is 3.85. The number of hydrogen-bond acceptors (Lipinski definition) is 6. The molecule has 1 aliphatic heterocycles. The van der Waals surface area contributed by atoms with Gasteiger partial charge in [-0.25, -0.2) is 4.68 Å². The van der Waals surface area contributed by atoms with Crippen molar-refractivity contribution in [1.29, 1.82) is 0 Å². The Balaban J connectivity index is 1.62. The first-order valence-electron chi connectivity index (χ1n) is 8.02. The molecule has 0 aliphatic carbocycles. The molecule has 1 saturated heterocycles. The van der Waals surface area contributed by atoms with Gasteiger partial charge in [0.15, 0.2) is 0 Å². The van der Waals surface area contributed by atoms with E-state index in [0.29, 0.717) is 12.2 Å². The average Bonchev–Trinajstić information content (AvgIpc) is 3.33. The van der Waals surface area contributed by atoms with Crippen LogP contribution in [0.1, 0.15) is 34.9 Å². The summed E-state index contributed by atoms with van der Waals surface area (Å²) in [5, 5.41) is 21.2. The SMILES string of the molecule is O=C(c1ccc(-n2cnnn2)cc1O)N1CCC[C@H]1c1ccccn1. The maximum atomic E-state index is 12.9. The fourth-order valence-corrected chi connectivity index (χ4v) is 3.17. The first-order chi connectivity index (χ1) is 12.2. The highest BCUT2D eigenvalue weighted by Gasteiger charge is 2.32. The molecule has 4 rings (SSSR count). The van der Waals surface area contributed by atoms with Crippen LogP contribution in [-0.2, 0) is 0 Å². The Bertz CT molecular complexity index is 881. The van der Waals surface area contributed by atoms with Crippen molar-refractivity contribution >= 4 is 5.91 Å². The molecule has 0 spiro atoms. The number of pyridine rings is 1. The van der Waals surface area contributed by atoms with E-state index in [9.17, 15) is 9.90 Å². The molecular formula is C17H16N6O2. The molecule has 126 valence electrons. The minimum Gasteiger partial charge on any atom is -0.507 e. The van der Waals surface area contributed by atoms with Crippen LogP contribution in [0.2, 0.25) is 0 Å². The maximum absolute atomic E-state index is 12.9. The topological polar surface area (TPSA) is 97.0 Å². The van der Waals surface area contributed by atoms with E-state index in [1.807, 2.05) is 18.2 Å². The van der Waals surface area contributed by atoms with Gasteiger partial charge in [0.1, 0.15) is 12.1 Å². The Morgan fingerprint density at radius 2 is 2.16 bits per heavy atom. The van der Waals surface area contributed by atoms with Gasteiger partial charge in [-0.05, 0) is 47.5 Å². The molecule has 0 unspecified atom stereocenters. The number of phenols is 1. The largest absolute Gasteiger partial charge is 0.507 e. The van der Waals surface area contributed by atoms with E-state index in [4.69, 9.17) is 0 Å². The standard InChI is InChI=1S/C17H16N6O2/c24-16-10-12(23-11-19-20-21-23)6-7-13(16)17(25)22-9-3-5-15(22)14-4-1-2-8-18-14/h1-2,4,6-8,10-11,15,24H,3,5,9H2/t15-/m0/s1. The molecule has 25 heavy (non-hydrogen) atoms. The number of aromatic hydroxyl groups is 1. The minimum atomic E-state index is -0.200. The van der Waals surface area contributed by atoms with Crippen molar-refractivity contribution in [3.63, 3.8) is 0 Å². The number of aromatic nitrogens is 5. The summed E-state index contributed by atoms with van der Waals surface area (Å²) < 4.78 is 1.42. The Labute approximate surface area is 143 Å². The quantitative estimate of drug-likeness (QED) is 0.782. The molecule has 2 aromatic heterocycles. The first-order valence-corrected chi connectivity index (χ1v) is 8.02. The zero-order chi connectivity index (χ0) is 17.2. The van der Waals surface area contributed by atoms with Gasteiger partial charge in [-0.1, -0.05) is 6.07 Å². The number of benzene rings is 1. The fourth-order valence-electron chi connectivity index (χ4n) is 3.17. The summed E-state index contributed by atoms with van der Waals surface area (Å²) in [6.07, 6.45) is 4.94. The summed E-state index contributed by atoms with van der Waals surface area (Å²) in [6, 6.07) is 10.4. The molecule has 1 aliphatic rings. The number of hydrogen-bond donors (Lipinski definition) is 1. The van der Waals surface area contributed by atoms with Gasteiger partial charge in [-0.15, -0.1) is 5.10 Å². The van der Waals surface area contributed by atoms with Gasteiger partial charge in [0.05, 0.1) is 23.0 Å². The number of carbonyl (C=O) groups excluding carboxylic acids is 1. The second-order valence-electron chi connectivity index (χ2n) is 5.87. The normalized spacial score (nSPS) is 17.0. The molecule has 1 N–H and O–H groups in total. The monoisotopic (exact) mass is 336 g/mol. The number of amides is 1. The van der Waals surface area contributed by atoms with Gasteiger partial charge < -0.3 is 10.0 Å². The van der Waals surface area contributed by atoms with Gasteiger partial charge in [0, 0.05) is 18.8 Å². The van der Waals surface area contributed by atoms with Crippen molar-refractivity contribution in [3.8, 4) is 11.4 Å². The third-order valence-electron chi connectivity index (χ3n) is 4.37. The predicted molar refractivity (Wildman–Crippen MR) is 88.1 cm³/mol. The highest BCUT2D eigenvalue weighted by Crippen LogP contribution is 2.33. The van der Waals surface area contributed by atoms with E-state index in [0.717, 1.165) is 18.5 Å². The van der Waals surface area contributed by atoms with Crippen molar-refractivity contribution in [3.05, 3.63) is 60.2 Å². The maximum Gasteiger partial charge on any atom is 0.258 e. The number of likely N-dealkylation sites (tertiary alicyclic amines) is 1. The van der Waals surface area contributed by atoms with Crippen molar-refractivity contribution in [2.24, 2.45) is 0 Å². The number of nitrogens with zero attached hydrogens (tertiary/aromatic N) is 6. The molecule has 1 amide bonds. The summed E-state index contributed by atoms with van der Waals surface area (Å²) in [7, 11) is 0. The Morgan fingerprint density at radius 3 is 2.88 bits per heavy atom. The highest BCUT2D eigenvalue weighted by atomic mass is 16.3. The highest BCUT2D eigenvalue weighted by molar-refractivity contribution is 5.97. The zero-order valence-corrected chi connectivity index (χ0v) is 13.4. The van der Waals surface area contributed by atoms with Gasteiger partial charge in [0.25, 0.3) is 5.91 Å². The number of phenolic OH excluding ortho intramolecular Hbond substituents is 1. The minimum absolute atomic E-state index is 0.0627. The first kappa shape index (κ1) is 15.3. The molecular weight excluding hydrogens is 320 g/mol. The number of rotatable bonds is 3. The van der Waals surface area contributed by atoms with Crippen molar-refractivity contribution in [2.45, 2.75) is 18.9 Å². The number of carbonyl (C=O) groups is 1. The van der Waals surface area contributed by atoms with Crippen molar-refractivity contribution in [1.82, 2.24) is 30.1 Å². The molecule has 1 atom stereocenters. The van der Waals surface area contributed by atoms with Crippen LogP contribution in [0.15, 0.2) is 48.9 Å². The Hall–Kier alpha value is -3.29. The van der Waals surface area contributed by atoms with Crippen LogP contribution < -0.4 is 0 Å². The molecule has 0 saturated carbocycles. The summed E-state index contributed by atoms with van der Waals surface area (Å²) in [5.41, 5.74) is 1.72. The summed E-state index contributed by atoms with van der Waals surface area (Å²) in [5.74, 6) is -0.293. The molecule has 1 aromatic carbocycles. The summed E-state index contributed by atoms with van der Waals surface area (Å²) in [4.78, 5) is 19.1. The predicted octanol–water partition coefficient (Wildman–Crippen LogP) is 1.74. The van der Waals surface area contributed by atoms with Crippen LogP contribution >= 0.6 is 0 Å². The summed E-state index contributed by atoms with van der Waals surface area (Å²) >= 11 is 0. The summed E-state index contributed by atoms with van der Waals surface area (Å²) in [6.45, 7) is 0.647. The van der Waals surface area contributed by atoms with E-state index in [2.05, 4.69) is 20.5 Å².